The first kappa shape index (κ1) is 19.0. The molecule has 6 heteroatoms. The summed E-state index contributed by atoms with van der Waals surface area (Å²) in [6.07, 6.45) is 5.70. The third-order valence-electron chi connectivity index (χ3n) is 6.26. The van der Waals surface area contributed by atoms with Gasteiger partial charge in [-0.1, -0.05) is 23.7 Å². The van der Waals surface area contributed by atoms with Gasteiger partial charge in [-0.05, 0) is 43.7 Å². The summed E-state index contributed by atoms with van der Waals surface area (Å²) in [5.74, 6) is 1.68. The third kappa shape index (κ3) is 4.95. The number of rotatable bonds is 6. The zero-order valence-electron chi connectivity index (χ0n) is 15.9. The van der Waals surface area contributed by atoms with E-state index in [2.05, 4.69) is 15.1 Å². The number of amides is 1. The van der Waals surface area contributed by atoms with Crippen LogP contribution >= 0.6 is 11.6 Å². The van der Waals surface area contributed by atoms with Crippen molar-refractivity contribution in [3.63, 3.8) is 0 Å². The number of carbonyl (C=O) groups is 1. The molecule has 3 aliphatic rings. The molecule has 4 rings (SSSR count). The van der Waals surface area contributed by atoms with Crippen molar-refractivity contribution in [1.29, 1.82) is 0 Å². The van der Waals surface area contributed by atoms with Gasteiger partial charge < -0.3 is 15.0 Å². The van der Waals surface area contributed by atoms with Crippen molar-refractivity contribution in [1.82, 2.24) is 15.1 Å². The Bertz CT molecular complexity index is 636. The molecule has 0 aromatic heterocycles. The highest BCUT2D eigenvalue weighted by molar-refractivity contribution is 6.32. The predicted octanol–water partition coefficient (Wildman–Crippen LogP) is 2.78. The zero-order chi connectivity index (χ0) is 18.6. The van der Waals surface area contributed by atoms with E-state index in [0.29, 0.717) is 35.5 Å². The molecule has 1 aromatic carbocycles. The fraction of sp³-hybridized carbons (Fsp3) is 0.667. The number of para-hydroxylation sites is 1. The summed E-state index contributed by atoms with van der Waals surface area (Å²) in [4.78, 5) is 17.1. The predicted molar refractivity (Wildman–Crippen MR) is 107 cm³/mol. The largest absolute Gasteiger partial charge is 0.491 e. The fourth-order valence-corrected chi connectivity index (χ4v) is 4.98. The second-order valence-electron chi connectivity index (χ2n) is 8.18. The van der Waals surface area contributed by atoms with Crippen LogP contribution in [0, 0.1) is 5.92 Å². The second-order valence-corrected chi connectivity index (χ2v) is 8.59. The molecule has 0 radical (unpaired) electrons. The highest BCUT2D eigenvalue weighted by Crippen LogP contribution is 2.33. The van der Waals surface area contributed by atoms with Gasteiger partial charge in [-0.15, -0.1) is 0 Å². The van der Waals surface area contributed by atoms with Crippen molar-refractivity contribution in [2.24, 2.45) is 5.92 Å². The summed E-state index contributed by atoms with van der Waals surface area (Å²) < 4.78 is 5.78. The van der Waals surface area contributed by atoms with Crippen LogP contribution in [0.15, 0.2) is 24.3 Å². The minimum Gasteiger partial charge on any atom is -0.491 e. The van der Waals surface area contributed by atoms with Gasteiger partial charge in [-0.2, -0.15) is 0 Å². The van der Waals surface area contributed by atoms with Crippen LogP contribution < -0.4 is 10.1 Å². The second kappa shape index (κ2) is 8.80. The molecule has 3 saturated heterocycles. The highest BCUT2D eigenvalue weighted by atomic mass is 35.5. The molecule has 3 aliphatic heterocycles. The lowest BCUT2D eigenvalue weighted by Crippen LogP contribution is -2.50. The monoisotopic (exact) mass is 391 g/mol. The maximum atomic E-state index is 12.7. The number of halogens is 1. The van der Waals surface area contributed by atoms with Gasteiger partial charge in [0.1, 0.15) is 12.4 Å². The Labute approximate surface area is 167 Å². The van der Waals surface area contributed by atoms with Gasteiger partial charge in [-0.25, -0.2) is 0 Å². The Morgan fingerprint density at radius 2 is 1.81 bits per heavy atom. The van der Waals surface area contributed by atoms with E-state index in [1.807, 2.05) is 24.3 Å². The molecule has 2 unspecified atom stereocenters. The minimum absolute atomic E-state index is 0.355. The quantitative estimate of drug-likeness (QED) is 0.809. The van der Waals surface area contributed by atoms with Crippen LogP contribution in [0.5, 0.6) is 5.75 Å². The SMILES string of the molecule is O=C(CC1CC2CCC(C1)N2)N1CCN(CCOc2ccccc2Cl)CC1. The lowest BCUT2D eigenvalue weighted by atomic mass is 9.89. The molecule has 1 amide bonds. The molecule has 3 heterocycles. The number of hydrogen-bond donors (Lipinski definition) is 1. The van der Waals surface area contributed by atoms with Gasteiger partial charge in [0.25, 0.3) is 0 Å². The van der Waals surface area contributed by atoms with E-state index in [1.165, 1.54) is 25.7 Å². The van der Waals surface area contributed by atoms with Gasteiger partial charge in [0.2, 0.25) is 5.91 Å². The molecule has 0 aliphatic carbocycles. The number of fused-ring (bicyclic) bond motifs is 2. The molecule has 2 atom stereocenters. The van der Waals surface area contributed by atoms with Crippen LogP contribution in [0.1, 0.15) is 32.1 Å². The van der Waals surface area contributed by atoms with E-state index >= 15 is 0 Å². The Morgan fingerprint density at radius 3 is 2.52 bits per heavy atom. The molecule has 3 fully saturated rings. The van der Waals surface area contributed by atoms with E-state index in [4.69, 9.17) is 16.3 Å². The van der Waals surface area contributed by atoms with Crippen LogP contribution in [-0.2, 0) is 4.79 Å². The van der Waals surface area contributed by atoms with E-state index in [1.54, 1.807) is 0 Å². The Hall–Kier alpha value is -1.30. The number of nitrogens with zero attached hydrogens (tertiary/aromatic N) is 2. The first-order valence-electron chi connectivity index (χ1n) is 10.3. The standard InChI is InChI=1S/C21H30ClN3O2/c22-19-3-1-2-4-20(19)27-12-11-24-7-9-25(10-8-24)21(26)15-16-13-17-5-6-18(14-16)23-17/h1-4,16-18,23H,5-15H2. The Kier molecular flexibility index (Phi) is 6.21. The number of benzene rings is 1. The average molecular weight is 392 g/mol. The van der Waals surface area contributed by atoms with Crippen molar-refractivity contribution >= 4 is 17.5 Å². The number of hydrogen-bond acceptors (Lipinski definition) is 4. The minimum atomic E-state index is 0.355. The van der Waals surface area contributed by atoms with Crippen LogP contribution in [0.2, 0.25) is 5.02 Å². The molecule has 0 saturated carbocycles. The Morgan fingerprint density at radius 1 is 1.11 bits per heavy atom. The lowest BCUT2D eigenvalue weighted by Gasteiger charge is -2.36. The summed E-state index contributed by atoms with van der Waals surface area (Å²) >= 11 is 6.11. The first-order valence-corrected chi connectivity index (χ1v) is 10.7. The molecule has 2 bridgehead atoms. The molecule has 0 spiro atoms. The van der Waals surface area contributed by atoms with E-state index in [-0.39, 0.29) is 0 Å². The number of nitrogens with one attached hydrogen (secondary N) is 1. The summed E-state index contributed by atoms with van der Waals surface area (Å²) in [5.41, 5.74) is 0. The topological polar surface area (TPSA) is 44.8 Å². The molecule has 1 aromatic rings. The summed E-state index contributed by atoms with van der Waals surface area (Å²) in [6, 6.07) is 8.90. The molecule has 5 nitrogen and oxygen atoms in total. The zero-order valence-corrected chi connectivity index (χ0v) is 16.7. The van der Waals surface area contributed by atoms with Crippen LogP contribution in [0.3, 0.4) is 0 Å². The summed E-state index contributed by atoms with van der Waals surface area (Å²) in [6.45, 7) is 5.01. The van der Waals surface area contributed by atoms with Crippen molar-refractivity contribution in [3.8, 4) is 5.75 Å². The van der Waals surface area contributed by atoms with Crippen LogP contribution in [0.25, 0.3) is 0 Å². The van der Waals surface area contributed by atoms with Crippen LogP contribution in [0.4, 0.5) is 0 Å². The lowest BCUT2D eigenvalue weighted by molar-refractivity contribution is -0.134. The van der Waals surface area contributed by atoms with Gasteiger partial charge in [0.15, 0.2) is 0 Å². The maximum absolute atomic E-state index is 12.7. The molecular formula is C21H30ClN3O2. The summed E-state index contributed by atoms with van der Waals surface area (Å²) in [5, 5.41) is 4.31. The first-order chi connectivity index (χ1) is 13.2. The van der Waals surface area contributed by atoms with Crippen LogP contribution in [-0.4, -0.2) is 67.1 Å². The smallest absolute Gasteiger partial charge is 0.222 e. The van der Waals surface area contributed by atoms with Gasteiger partial charge in [0, 0.05) is 51.2 Å². The van der Waals surface area contributed by atoms with Gasteiger partial charge in [0.05, 0.1) is 5.02 Å². The fourth-order valence-electron chi connectivity index (χ4n) is 4.79. The maximum Gasteiger partial charge on any atom is 0.222 e. The average Bonchev–Trinajstić information content (AvgIpc) is 3.02. The van der Waals surface area contributed by atoms with Crippen molar-refractivity contribution in [2.75, 3.05) is 39.3 Å². The van der Waals surface area contributed by atoms with Crippen molar-refractivity contribution < 1.29 is 9.53 Å². The van der Waals surface area contributed by atoms with Crippen molar-refractivity contribution in [3.05, 3.63) is 29.3 Å². The molecule has 148 valence electrons. The summed E-state index contributed by atoms with van der Waals surface area (Å²) in [7, 11) is 0. The number of piperazine rings is 1. The van der Waals surface area contributed by atoms with E-state index < -0.39 is 0 Å². The molecule has 27 heavy (non-hydrogen) atoms. The third-order valence-corrected chi connectivity index (χ3v) is 6.57. The Balaban J connectivity index is 1.15. The number of piperidine rings is 1. The van der Waals surface area contributed by atoms with Gasteiger partial charge in [-0.3, -0.25) is 9.69 Å². The van der Waals surface area contributed by atoms with Gasteiger partial charge >= 0.3 is 0 Å². The molecule has 1 N–H and O–H groups in total. The van der Waals surface area contributed by atoms with Crippen molar-refractivity contribution in [2.45, 2.75) is 44.2 Å². The molecular weight excluding hydrogens is 362 g/mol. The number of ether oxygens (including phenoxy) is 1. The van der Waals surface area contributed by atoms with E-state index in [0.717, 1.165) is 44.9 Å². The normalized spacial score (nSPS) is 28.3. The number of carbonyl (C=O) groups excluding carboxylic acids is 1. The van der Waals surface area contributed by atoms with E-state index in [9.17, 15) is 4.79 Å². The highest BCUT2D eigenvalue weighted by Gasteiger charge is 2.35.